The molecule has 2 bridgehead atoms. The van der Waals surface area contributed by atoms with Crippen LogP contribution in [0, 0.1) is 11.3 Å². The van der Waals surface area contributed by atoms with Crippen molar-refractivity contribution in [1.82, 2.24) is 15.5 Å². The van der Waals surface area contributed by atoms with E-state index in [0.717, 1.165) is 32.4 Å². The van der Waals surface area contributed by atoms with E-state index in [9.17, 15) is 4.79 Å². The van der Waals surface area contributed by atoms with Gasteiger partial charge in [0.25, 0.3) is 0 Å². The third-order valence-corrected chi connectivity index (χ3v) is 6.42. The van der Waals surface area contributed by atoms with Crippen molar-refractivity contribution in [1.29, 1.82) is 0 Å². The molecule has 3 unspecified atom stereocenters. The number of carbonyl (C=O) groups is 1. The van der Waals surface area contributed by atoms with Gasteiger partial charge in [-0.25, -0.2) is 0 Å². The highest BCUT2D eigenvalue weighted by molar-refractivity contribution is 5.84. The number of nitrogens with zero attached hydrogens (tertiary/aromatic N) is 1. The number of piperidine rings is 2. The molecule has 4 heteroatoms. The van der Waals surface area contributed by atoms with Gasteiger partial charge in [0.1, 0.15) is 0 Å². The van der Waals surface area contributed by atoms with Crippen LogP contribution in [0.15, 0.2) is 0 Å². The highest BCUT2D eigenvalue weighted by Crippen LogP contribution is 2.36. The normalized spacial score (nSPS) is 40.5. The van der Waals surface area contributed by atoms with Crippen LogP contribution in [0.25, 0.3) is 0 Å². The Bertz CT molecular complexity index is 375. The third-order valence-electron chi connectivity index (χ3n) is 6.42. The van der Waals surface area contributed by atoms with E-state index in [2.05, 4.69) is 36.4 Å². The minimum atomic E-state index is -0.182. The van der Waals surface area contributed by atoms with Gasteiger partial charge in [-0.1, -0.05) is 20.3 Å². The average Bonchev–Trinajstić information content (AvgIpc) is 2.90. The lowest BCUT2D eigenvalue weighted by Crippen LogP contribution is -2.57. The Morgan fingerprint density at radius 2 is 1.95 bits per heavy atom. The first-order chi connectivity index (χ1) is 10.0. The van der Waals surface area contributed by atoms with E-state index in [0.29, 0.717) is 30.0 Å². The number of hydrogen-bond acceptors (Lipinski definition) is 3. The van der Waals surface area contributed by atoms with Crippen LogP contribution in [0.3, 0.4) is 0 Å². The first-order valence-electron chi connectivity index (χ1n) is 8.76. The zero-order valence-electron chi connectivity index (χ0n) is 13.8. The molecule has 1 amide bonds. The maximum Gasteiger partial charge on any atom is 0.228 e. The van der Waals surface area contributed by atoms with Crippen LogP contribution in [-0.4, -0.2) is 49.1 Å². The maximum atomic E-state index is 12.9. The molecule has 3 heterocycles. The van der Waals surface area contributed by atoms with Gasteiger partial charge in [0.2, 0.25) is 5.91 Å². The van der Waals surface area contributed by atoms with E-state index in [1.165, 1.54) is 19.3 Å². The van der Waals surface area contributed by atoms with Crippen LogP contribution in [0.2, 0.25) is 0 Å². The van der Waals surface area contributed by atoms with Gasteiger partial charge < -0.3 is 15.5 Å². The van der Waals surface area contributed by atoms with Crippen LogP contribution in [-0.2, 0) is 4.79 Å². The number of fused-ring (bicyclic) bond motifs is 2. The summed E-state index contributed by atoms with van der Waals surface area (Å²) in [6.45, 7) is 6.20. The molecular weight excluding hydrogens is 262 g/mol. The smallest absolute Gasteiger partial charge is 0.228 e. The van der Waals surface area contributed by atoms with Gasteiger partial charge in [0.15, 0.2) is 0 Å². The Balaban J connectivity index is 1.65. The Kier molecular flexibility index (Phi) is 4.28. The Labute approximate surface area is 129 Å². The fourth-order valence-corrected chi connectivity index (χ4v) is 4.72. The molecule has 3 aliphatic heterocycles. The van der Waals surface area contributed by atoms with Gasteiger partial charge in [-0.3, -0.25) is 4.79 Å². The third kappa shape index (κ3) is 2.72. The maximum absolute atomic E-state index is 12.9. The van der Waals surface area contributed by atoms with Crippen LogP contribution >= 0.6 is 0 Å². The molecule has 3 rings (SSSR count). The zero-order valence-corrected chi connectivity index (χ0v) is 13.8. The molecule has 3 aliphatic rings. The van der Waals surface area contributed by atoms with Gasteiger partial charge in [-0.05, 0) is 51.6 Å². The molecule has 0 spiro atoms. The summed E-state index contributed by atoms with van der Waals surface area (Å²) in [6, 6.07) is 1.75. The molecule has 3 atom stereocenters. The fourth-order valence-electron chi connectivity index (χ4n) is 4.72. The molecule has 4 nitrogen and oxygen atoms in total. The molecule has 0 radical (unpaired) electrons. The highest BCUT2D eigenvalue weighted by Gasteiger charge is 2.45. The van der Waals surface area contributed by atoms with Gasteiger partial charge in [-0.15, -0.1) is 0 Å². The van der Waals surface area contributed by atoms with Crippen molar-refractivity contribution in [3.05, 3.63) is 0 Å². The van der Waals surface area contributed by atoms with E-state index >= 15 is 0 Å². The van der Waals surface area contributed by atoms with Crippen molar-refractivity contribution < 1.29 is 4.79 Å². The van der Waals surface area contributed by atoms with E-state index in [1.54, 1.807) is 0 Å². The number of amides is 1. The number of hydrogen-bond donors (Lipinski definition) is 2. The van der Waals surface area contributed by atoms with Crippen LogP contribution < -0.4 is 10.6 Å². The second-order valence-electron chi connectivity index (χ2n) is 7.78. The van der Waals surface area contributed by atoms with Gasteiger partial charge in [0, 0.05) is 24.7 Å². The molecule has 21 heavy (non-hydrogen) atoms. The predicted molar refractivity (Wildman–Crippen MR) is 85.1 cm³/mol. The lowest BCUT2D eigenvalue weighted by Gasteiger charge is -2.47. The van der Waals surface area contributed by atoms with Crippen molar-refractivity contribution in [3.63, 3.8) is 0 Å². The van der Waals surface area contributed by atoms with E-state index < -0.39 is 0 Å². The minimum absolute atomic E-state index is 0.182. The second-order valence-corrected chi connectivity index (χ2v) is 7.78. The minimum Gasteiger partial charge on any atom is -0.353 e. The molecule has 0 aromatic heterocycles. The standard InChI is InChI=1S/C17H31N3O/c1-12(2)17(7-8-18-11-17)16(21)19-13-9-14-5-4-6-15(10-13)20(14)3/h12-15,18H,4-11H2,1-3H3,(H,19,21). The summed E-state index contributed by atoms with van der Waals surface area (Å²) in [5.74, 6) is 0.702. The Morgan fingerprint density at radius 3 is 2.48 bits per heavy atom. The summed E-state index contributed by atoms with van der Waals surface area (Å²) in [5, 5.41) is 6.82. The average molecular weight is 293 g/mol. The number of nitrogens with one attached hydrogen (secondary N) is 2. The predicted octanol–water partition coefficient (Wildman–Crippen LogP) is 1.75. The number of carbonyl (C=O) groups excluding carboxylic acids is 1. The Morgan fingerprint density at radius 1 is 1.29 bits per heavy atom. The van der Waals surface area contributed by atoms with Crippen molar-refractivity contribution >= 4 is 5.91 Å². The molecule has 0 aliphatic carbocycles. The van der Waals surface area contributed by atoms with Crippen LogP contribution in [0.1, 0.15) is 52.4 Å². The second kappa shape index (κ2) is 5.88. The van der Waals surface area contributed by atoms with Crippen molar-refractivity contribution in [2.75, 3.05) is 20.1 Å². The summed E-state index contributed by atoms with van der Waals surface area (Å²) in [4.78, 5) is 15.5. The lowest BCUT2D eigenvalue weighted by molar-refractivity contribution is -0.134. The Hall–Kier alpha value is -0.610. The van der Waals surface area contributed by atoms with Crippen molar-refractivity contribution in [2.45, 2.75) is 70.5 Å². The molecule has 3 saturated heterocycles. The summed E-state index contributed by atoms with van der Waals surface area (Å²) in [7, 11) is 2.27. The van der Waals surface area contributed by atoms with Crippen molar-refractivity contribution in [2.24, 2.45) is 11.3 Å². The summed E-state index contributed by atoms with van der Waals surface area (Å²) in [6.07, 6.45) is 7.23. The van der Waals surface area contributed by atoms with Gasteiger partial charge in [0.05, 0.1) is 5.41 Å². The highest BCUT2D eigenvalue weighted by atomic mass is 16.2. The lowest BCUT2D eigenvalue weighted by atomic mass is 9.75. The molecule has 0 saturated carbocycles. The van der Waals surface area contributed by atoms with Crippen LogP contribution in [0.4, 0.5) is 0 Å². The quantitative estimate of drug-likeness (QED) is 0.833. The van der Waals surface area contributed by atoms with E-state index in [1.807, 2.05) is 0 Å². The summed E-state index contributed by atoms with van der Waals surface area (Å²) >= 11 is 0. The summed E-state index contributed by atoms with van der Waals surface area (Å²) in [5.41, 5.74) is -0.182. The van der Waals surface area contributed by atoms with Crippen molar-refractivity contribution in [3.8, 4) is 0 Å². The van der Waals surface area contributed by atoms with Gasteiger partial charge in [-0.2, -0.15) is 0 Å². The fraction of sp³-hybridized carbons (Fsp3) is 0.941. The van der Waals surface area contributed by atoms with E-state index in [4.69, 9.17) is 0 Å². The van der Waals surface area contributed by atoms with E-state index in [-0.39, 0.29) is 5.41 Å². The largest absolute Gasteiger partial charge is 0.353 e. The zero-order chi connectivity index (χ0) is 15.0. The summed E-state index contributed by atoms with van der Waals surface area (Å²) < 4.78 is 0. The topological polar surface area (TPSA) is 44.4 Å². The SMILES string of the molecule is CC(C)C1(C(=O)NC2CC3CCCC(C2)N3C)CCNC1. The number of rotatable bonds is 3. The molecule has 120 valence electrons. The molecular formula is C17H31N3O. The first-order valence-corrected chi connectivity index (χ1v) is 8.76. The molecule has 2 N–H and O–H groups in total. The van der Waals surface area contributed by atoms with Crippen LogP contribution in [0.5, 0.6) is 0 Å². The molecule has 0 aromatic carbocycles. The van der Waals surface area contributed by atoms with Gasteiger partial charge >= 0.3 is 0 Å². The molecule has 0 aromatic rings. The monoisotopic (exact) mass is 293 g/mol. The first kappa shape index (κ1) is 15.3. The molecule has 3 fully saturated rings.